The van der Waals surface area contributed by atoms with Crippen molar-refractivity contribution in [2.75, 3.05) is 26.2 Å². The van der Waals surface area contributed by atoms with Gasteiger partial charge in [0.1, 0.15) is 0 Å². The van der Waals surface area contributed by atoms with Crippen LogP contribution in [-0.2, 0) is 17.9 Å². The van der Waals surface area contributed by atoms with Gasteiger partial charge in [-0.1, -0.05) is 48.4 Å². The van der Waals surface area contributed by atoms with Crippen LogP contribution in [0.1, 0.15) is 54.6 Å². The van der Waals surface area contributed by atoms with Crippen LogP contribution in [0.2, 0.25) is 0 Å². The molecule has 31 heavy (non-hydrogen) atoms. The quantitative estimate of drug-likeness (QED) is 0.736. The van der Waals surface area contributed by atoms with Crippen molar-refractivity contribution in [2.24, 2.45) is 0 Å². The molecular formula is C23H32N6O2. The summed E-state index contributed by atoms with van der Waals surface area (Å²) in [7, 11) is 0. The monoisotopic (exact) mass is 424 g/mol. The number of carbonyl (C=O) groups excluding carboxylic acids is 2. The van der Waals surface area contributed by atoms with Gasteiger partial charge >= 0.3 is 0 Å². The minimum atomic E-state index is -0.240. The fraction of sp³-hybridized carbons (Fsp3) is 0.565. The molecule has 2 fully saturated rings. The van der Waals surface area contributed by atoms with Gasteiger partial charge in [-0.3, -0.25) is 14.5 Å². The van der Waals surface area contributed by atoms with Crippen molar-refractivity contribution in [2.45, 2.75) is 57.7 Å². The van der Waals surface area contributed by atoms with E-state index in [9.17, 15) is 9.59 Å². The molecule has 2 aliphatic heterocycles. The molecule has 166 valence electrons. The highest BCUT2D eigenvalue weighted by Crippen LogP contribution is 2.20. The average molecular weight is 425 g/mol. The van der Waals surface area contributed by atoms with Crippen molar-refractivity contribution >= 4 is 11.8 Å². The molecule has 2 amide bonds. The summed E-state index contributed by atoms with van der Waals surface area (Å²) in [6, 6.07) is 9.88. The predicted octanol–water partition coefficient (Wildman–Crippen LogP) is 2.08. The Kier molecular flexibility index (Phi) is 7.30. The fourth-order valence-corrected chi connectivity index (χ4v) is 4.51. The second kappa shape index (κ2) is 10.5. The Hall–Kier alpha value is -2.74. The number of hydrogen-bond acceptors (Lipinski definition) is 5. The van der Waals surface area contributed by atoms with E-state index in [0.29, 0.717) is 25.3 Å². The van der Waals surface area contributed by atoms with Crippen LogP contribution in [0.4, 0.5) is 0 Å². The Morgan fingerprint density at radius 2 is 1.77 bits per heavy atom. The van der Waals surface area contributed by atoms with E-state index in [2.05, 4.69) is 20.5 Å². The lowest BCUT2D eigenvalue weighted by molar-refractivity contribution is -0.133. The van der Waals surface area contributed by atoms with Crippen LogP contribution in [0.5, 0.6) is 0 Å². The molecule has 1 aromatic carbocycles. The number of hydrogen-bond donors (Lipinski definition) is 1. The summed E-state index contributed by atoms with van der Waals surface area (Å²) in [5.74, 6) is -0.0269. The molecule has 0 saturated carbocycles. The van der Waals surface area contributed by atoms with Crippen LogP contribution >= 0.6 is 0 Å². The number of nitrogens with one attached hydrogen (secondary N) is 1. The third-order valence-electron chi connectivity index (χ3n) is 6.22. The highest BCUT2D eigenvalue weighted by atomic mass is 16.2. The molecule has 4 rings (SSSR count). The number of carbonyl (C=O) groups is 2. The minimum absolute atomic E-state index is 0.112. The Morgan fingerprint density at radius 1 is 1.00 bits per heavy atom. The molecule has 2 saturated heterocycles. The van der Waals surface area contributed by atoms with Gasteiger partial charge in [0, 0.05) is 13.1 Å². The van der Waals surface area contributed by atoms with Gasteiger partial charge < -0.3 is 10.2 Å². The Balaban J connectivity index is 1.29. The van der Waals surface area contributed by atoms with Gasteiger partial charge in [-0.2, -0.15) is 0 Å². The van der Waals surface area contributed by atoms with Crippen molar-refractivity contribution in [1.29, 1.82) is 0 Å². The van der Waals surface area contributed by atoms with Crippen LogP contribution < -0.4 is 5.32 Å². The maximum absolute atomic E-state index is 12.9. The van der Waals surface area contributed by atoms with E-state index in [1.54, 1.807) is 10.9 Å². The summed E-state index contributed by atoms with van der Waals surface area (Å²) in [6.07, 6.45) is 8.55. The molecule has 0 bridgehead atoms. The maximum atomic E-state index is 12.9. The van der Waals surface area contributed by atoms with Crippen LogP contribution in [0.25, 0.3) is 0 Å². The average Bonchev–Trinajstić information content (AvgIpc) is 3.38. The largest absolute Gasteiger partial charge is 0.347 e. The van der Waals surface area contributed by atoms with Crippen molar-refractivity contribution in [3.63, 3.8) is 0 Å². The molecule has 8 nitrogen and oxygen atoms in total. The van der Waals surface area contributed by atoms with E-state index in [-0.39, 0.29) is 17.9 Å². The summed E-state index contributed by atoms with van der Waals surface area (Å²) >= 11 is 0. The highest BCUT2D eigenvalue weighted by Gasteiger charge is 2.30. The van der Waals surface area contributed by atoms with Crippen LogP contribution in [0.3, 0.4) is 0 Å². The topological polar surface area (TPSA) is 83.4 Å². The van der Waals surface area contributed by atoms with Crippen molar-refractivity contribution in [3.8, 4) is 0 Å². The summed E-state index contributed by atoms with van der Waals surface area (Å²) in [5, 5.41) is 11.0. The van der Waals surface area contributed by atoms with E-state index in [0.717, 1.165) is 38.0 Å². The summed E-state index contributed by atoms with van der Waals surface area (Å²) in [6.45, 7) is 4.39. The van der Waals surface area contributed by atoms with E-state index >= 15 is 0 Å². The van der Waals surface area contributed by atoms with Gasteiger partial charge in [-0.25, -0.2) is 4.68 Å². The zero-order valence-electron chi connectivity index (χ0n) is 18.1. The Morgan fingerprint density at radius 3 is 2.55 bits per heavy atom. The van der Waals surface area contributed by atoms with Crippen LogP contribution in [-0.4, -0.2) is 68.8 Å². The molecule has 1 atom stereocenters. The fourth-order valence-electron chi connectivity index (χ4n) is 4.51. The molecule has 3 heterocycles. The van der Waals surface area contributed by atoms with E-state index < -0.39 is 0 Å². The first kappa shape index (κ1) is 21.5. The van der Waals surface area contributed by atoms with Crippen molar-refractivity contribution in [3.05, 3.63) is 47.8 Å². The molecular weight excluding hydrogens is 392 g/mol. The lowest BCUT2D eigenvalue weighted by atomic mass is 10.2. The number of amides is 2. The van der Waals surface area contributed by atoms with Crippen LogP contribution in [0.15, 0.2) is 36.5 Å². The molecule has 0 spiro atoms. The third-order valence-corrected chi connectivity index (χ3v) is 6.22. The molecule has 1 aromatic heterocycles. The summed E-state index contributed by atoms with van der Waals surface area (Å²) < 4.78 is 1.69. The Labute approximate surface area is 183 Å². The third kappa shape index (κ3) is 5.91. The molecule has 0 radical (unpaired) electrons. The van der Waals surface area contributed by atoms with Gasteiger partial charge in [0.2, 0.25) is 5.91 Å². The second-order valence-corrected chi connectivity index (χ2v) is 8.57. The lowest BCUT2D eigenvalue weighted by Crippen LogP contribution is -2.44. The second-order valence-electron chi connectivity index (χ2n) is 8.57. The lowest BCUT2D eigenvalue weighted by Gasteiger charge is -2.28. The molecule has 2 aliphatic rings. The summed E-state index contributed by atoms with van der Waals surface area (Å²) in [5.41, 5.74) is 1.34. The first-order valence-corrected chi connectivity index (χ1v) is 11.4. The molecule has 8 heteroatoms. The standard InChI is InChI=1S/C23H32N6O2/c30-22(18-27-12-6-1-2-7-13-27)29-14-8-11-20(29)16-28-17-21(25-26-28)23(31)24-15-19-9-4-3-5-10-19/h3-5,9-10,17,20H,1-2,6-8,11-16,18H2,(H,24,31). The number of nitrogens with zero attached hydrogens (tertiary/aromatic N) is 5. The molecule has 0 aliphatic carbocycles. The maximum Gasteiger partial charge on any atom is 0.273 e. The van der Waals surface area contributed by atoms with E-state index in [4.69, 9.17) is 0 Å². The highest BCUT2D eigenvalue weighted by molar-refractivity contribution is 5.91. The van der Waals surface area contributed by atoms with Crippen molar-refractivity contribution in [1.82, 2.24) is 30.1 Å². The van der Waals surface area contributed by atoms with Crippen molar-refractivity contribution < 1.29 is 9.59 Å². The number of likely N-dealkylation sites (tertiary alicyclic amines) is 2. The SMILES string of the molecule is O=C(NCc1ccccc1)c1cn(CC2CCCN2C(=O)CN2CCCCCC2)nn1. The number of rotatable bonds is 7. The van der Waals surface area contributed by atoms with Gasteiger partial charge in [0.05, 0.1) is 25.3 Å². The zero-order valence-corrected chi connectivity index (χ0v) is 18.1. The summed E-state index contributed by atoms with van der Waals surface area (Å²) in [4.78, 5) is 29.6. The molecule has 2 aromatic rings. The van der Waals surface area contributed by atoms with Gasteiger partial charge in [0.25, 0.3) is 5.91 Å². The molecule has 1 unspecified atom stereocenters. The van der Waals surface area contributed by atoms with E-state index in [1.165, 1.54) is 25.7 Å². The first-order valence-electron chi connectivity index (χ1n) is 11.4. The van der Waals surface area contributed by atoms with Gasteiger partial charge in [0.15, 0.2) is 5.69 Å². The van der Waals surface area contributed by atoms with Gasteiger partial charge in [-0.05, 0) is 44.3 Å². The molecule has 1 N–H and O–H groups in total. The smallest absolute Gasteiger partial charge is 0.273 e. The first-order chi connectivity index (χ1) is 15.2. The zero-order chi connectivity index (χ0) is 21.5. The Bertz CT molecular complexity index is 860. The van der Waals surface area contributed by atoms with Crippen LogP contribution in [0, 0.1) is 0 Å². The van der Waals surface area contributed by atoms with E-state index in [1.807, 2.05) is 35.2 Å². The minimum Gasteiger partial charge on any atom is -0.347 e. The normalized spacial score (nSPS) is 19.9. The predicted molar refractivity (Wildman–Crippen MR) is 117 cm³/mol. The van der Waals surface area contributed by atoms with Gasteiger partial charge in [-0.15, -0.1) is 5.10 Å². The number of aromatic nitrogens is 3. The number of benzene rings is 1.